The van der Waals surface area contributed by atoms with Crippen molar-refractivity contribution >= 4 is 17.3 Å². The molecule has 0 aliphatic carbocycles. The molecule has 2 nitrogen and oxygen atoms in total. The first-order valence-electron chi connectivity index (χ1n) is 7.30. The molecule has 0 amide bonds. The summed E-state index contributed by atoms with van der Waals surface area (Å²) in [6.07, 6.45) is -9.03. The Morgan fingerprint density at radius 2 is 1.58 bits per heavy atom. The lowest BCUT2D eigenvalue weighted by Crippen LogP contribution is -2.14. The first-order valence-corrected chi connectivity index (χ1v) is 7.68. The molecule has 0 aliphatic heterocycles. The van der Waals surface area contributed by atoms with Crippen LogP contribution < -0.4 is 4.84 Å². The monoisotopic (exact) mass is 395 g/mol. The SMILES string of the molecule is CC/C(=N\Oc1ccc(C(F)(F)F)cc1)c1cc(Cl)ccc1C(F)(F)F. The third kappa shape index (κ3) is 4.91. The van der Waals surface area contributed by atoms with Crippen molar-refractivity contribution < 1.29 is 31.2 Å². The maximum absolute atomic E-state index is 13.2. The van der Waals surface area contributed by atoms with Gasteiger partial charge in [0.05, 0.1) is 16.8 Å². The molecular weight excluding hydrogens is 384 g/mol. The predicted molar refractivity (Wildman–Crippen MR) is 85.4 cm³/mol. The Bertz CT molecular complexity index is 796. The van der Waals surface area contributed by atoms with Crippen LogP contribution in [0.2, 0.25) is 5.02 Å². The Balaban J connectivity index is 2.33. The first-order chi connectivity index (χ1) is 12.0. The van der Waals surface area contributed by atoms with Crippen LogP contribution in [0.3, 0.4) is 0 Å². The summed E-state index contributed by atoms with van der Waals surface area (Å²) in [4.78, 5) is 5.00. The van der Waals surface area contributed by atoms with E-state index in [-0.39, 0.29) is 28.5 Å². The Hall–Kier alpha value is -2.22. The summed E-state index contributed by atoms with van der Waals surface area (Å²) in [7, 11) is 0. The van der Waals surface area contributed by atoms with E-state index in [0.29, 0.717) is 0 Å². The van der Waals surface area contributed by atoms with Crippen LogP contribution in [0, 0.1) is 0 Å². The lowest BCUT2D eigenvalue weighted by Gasteiger charge is -2.14. The highest BCUT2D eigenvalue weighted by molar-refractivity contribution is 6.31. The molecular formula is C17H12ClF6NO. The molecule has 0 saturated carbocycles. The Morgan fingerprint density at radius 3 is 2.08 bits per heavy atom. The van der Waals surface area contributed by atoms with Crippen LogP contribution in [0.5, 0.6) is 5.75 Å². The van der Waals surface area contributed by atoms with Crippen molar-refractivity contribution in [1.82, 2.24) is 0 Å². The quantitative estimate of drug-likeness (QED) is 0.326. The van der Waals surface area contributed by atoms with Crippen molar-refractivity contribution in [3.63, 3.8) is 0 Å². The van der Waals surface area contributed by atoms with E-state index < -0.39 is 23.5 Å². The van der Waals surface area contributed by atoms with E-state index in [0.717, 1.165) is 42.5 Å². The second-order valence-electron chi connectivity index (χ2n) is 5.19. The van der Waals surface area contributed by atoms with Gasteiger partial charge in [-0.15, -0.1) is 0 Å². The Kier molecular flexibility index (Phi) is 5.85. The Morgan fingerprint density at radius 1 is 0.962 bits per heavy atom. The van der Waals surface area contributed by atoms with Crippen molar-refractivity contribution in [1.29, 1.82) is 0 Å². The van der Waals surface area contributed by atoms with Crippen molar-refractivity contribution in [2.45, 2.75) is 25.7 Å². The summed E-state index contributed by atoms with van der Waals surface area (Å²) >= 11 is 5.78. The summed E-state index contributed by atoms with van der Waals surface area (Å²) < 4.78 is 77.0. The Labute approximate surface area is 150 Å². The van der Waals surface area contributed by atoms with Crippen molar-refractivity contribution in [2.75, 3.05) is 0 Å². The maximum Gasteiger partial charge on any atom is 0.417 e. The number of oxime groups is 1. The molecule has 0 unspecified atom stereocenters. The zero-order valence-corrected chi connectivity index (χ0v) is 14.0. The van der Waals surface area contributed by atoms with Gasteiger partial charge in [-0.25, -0.2) is 0 Å². The van der Waals surface area contributed by atoms with E-state index in [1.807, 2.05) is 0 Å². The molecule has 9 heteroatoms. The number of halogens is 7. The maximum atomic E-state index is 13.2. The van der Waals surface area contributed by atoms with Gasteiger partial charge < -0.3 is 4.84 Å². The summed E-state index contributed by atoms with van der Waals surface area (Å²) in [5.74, 6) is -0.0421. The topological polar surface area (TPSA) is 21.6 Å². The number of hydrogen-bond acceptors (Lipinski definition) is 2. The highest BCUT2D eigenvalue weighted by atomic mass is 35.5. The zero-order valence-electron chi connectivity index (χ0n) is 13.2. The highest BCUT2D eigenvalue weighted by Crippen LogP contribution is 2.34. The average molecular weight is 396 g/mol. The molecule has 0 spiro atoms. The smallest absolute Gasteiger partial charge is 0.357 e. The van der Waals surface area contributed by atoms with Gasteiger partial charge in [0.25, 0.3) is 0 Å². The molecule has 26 heavy (non-hydrogen) atoms. The summed E-state index contributed by atoms with van der Waals surface area (Å²) in [6.45, 7) is 1.57. The van der Waals surface area contributed by atoms with Gasteiger partial charge in [0.1, 0.15) is 0 Å². The molecule has 0 atom stereocenters. The van der Waals surface area contributed by atoms with Gasteiger partial charge in [0.15, 0.2) is 5.75 Å². The molecule has 140 valence electrons. The fraction of sp³-hybridized carbons (Fsp3) is 0.235. The van der Waals surface area contributed by atoms with Crippen LogP contribution in [0.15, 0.2) is 47.6 Å². The summed E-state index contributed by atoms with van der Waals surface area (Å²) in [5, 5.41) is 3.75. The van der Waals surface area contributed by atoms with E-state index in [2.05, 4.69) is 5.16 Å². The summed E-state index contributed by atoms with van der Waals surface area (Å²) in [6, 6.07) is 6.69. The van der Waals surface area contributed by atoms with Crippen molar-refractivity contribution in [2.24, 2.45) is 5.16 Å². The number of nitrogens with zero attached hydrogens (tertiary/aromatic N) is 1. The van der Waals surface area contributed by atoms with Crippen LogP contribution in [0.25, 0.3) is 0 Å². The standard InChI is InChI=1S/C17H12ClF6NO/c1-2-15(13-9-11(18)5-8-14(13)17(22,23)24)25-26-12-6-3-10(4-7-12)16(19,20)21/h3-9H,2H2,1H3/b25-15+. The van der Waals surface area contributed by atoms with Gasteiger partial charge in [-0.1, -0.05) is 23.7 Å². The van der Waals surface area contributed by atoms with Gasteiger partial charge in [-0.3, -0.25) is 0 Å². The van der Waals surface area contributed by atoms with Crippen LogP contribution in [0.1, 0.15) is 30.0 Å². The largest absolute Gasteiger partial charge is 0.417 e. The fourth-order valence-electron chi connectivity index (χ4n) is 2.12. The molecule has 2 aromatic rings. The second-order valence-corrected chi connectivity index (χ2v) is 5.63. The minimum absolute atomic E-state index is 0.0419. The first kappa shape index (κ1) is 20.1. The zero-order chi connectivity index (χ0) is 19.5. The minimum Gasteiger partial charge on any atom is -0.357 e. The molecule has 0 fully saturated rings. The number of benzene rings is 2. The third-order valence-corrected chi connectivity index (χ3v) is 3.61. The molecule has 0 aromatic heterocycles. The van der Waals surface area contributed by atoms with Crippen LogP contribution >= 0.6 is 11.6 Å². The second kappa shape index (κ2) is 7.57. The van der Waals surface area contributed by atoms with Gasteiger partial charge in [-0.05, 0) is 48.9 Å². The van der Waals surface area contributed by atoms with Crippen molar-refractivity contribution in [3.8, 4) is 5.75 Å². The highest BCUT2D eigenvalue weighted by Gasteiger charge is 2.34. The fourth-order valence-corrected chi connectivity index (χ4v) is 2.29. The van der Waals surface area contributed by atoms with Gasteiger partial charge in [-0.2, -0.15) is 26.3 Å². The van der Waals surface area contributed by atoms with Gasteiger partial charge >= 0.3 is 12.4 Å². The third-order valence-electron chi connectivity index (χ3n) is 3.38. The molecule has 0 heterocycles. The lowest BCUT2D eigenvalue weighted by atomic mass is 10.0. The molecule has 0 bridgehead atoms. The van der Waals surface area contributed by atoms with Crippen LogP contribution in [-0.2, 0) is 12.4 Å². The van der Waals surface area contributed by atoms with Gasteiger partial charge in [0.2, 0.25) is 0 Å². The normalized spacial score (nSPS) is 13.0. The number of rotatable bonds is 4. The molecule has 2 aromatic carbocycles. The van der Waals surface area contributed by atoms with Crippen molar-refractivity contribution in [3.05, 3.63) is 64.2 Å². The van der Waals surface area contributed by atoms with E-state index in [9.17, 15) is 26.3 Å². The molecule has 2 rings (SSSR count). The van der Waals surface area contributed by atoms with E-state index in [4.69, 9.17) is 16.4 Å². The predicted octanol–water partition coefficient (Wildman–Crippen LogP) is 6.57. The van der Waals surface area contributed by atoms with E-state index >= 15 is 0 Å². The van der Waals surface area contributed by atoms with E-state index in [1.54, 1.807) is 6.92 Å². The van der Waals surface area contributed by atoms with E-state index in [1.165, 1.54) is 0 Å². The molecule has 0 radical (unpaired) electrons. The summed E-state index contributed by atoms with van der Waals surface area (Å²) in [5.41, 5.74) is -2.10. The molecule has 0 aliphatic rings. The lowest BCUT2D eigenvalue weighted by molar-refractivity contribution is -0.138. The molecule has 0 N–H and O–H groups in total. The average Bonchev–Trinajstić information content (AvgIpc) is 2.54. The number of alkyl halides is 6. The van der Waals surface area contributed by atoms with Crippen LogP contribution in [0.4, 0.5) is 26.3 Å². The van der Waals surface area contributed by atoms with Gasteiger partial charge in [0, 0.05) is 10.6 Å². The number of hydrogen-bond donors (Lipinski definition) is 0. The van der Waals surface area contributed by atoms with Crippen LogP contribution in [-0.4, -0.2) is 5.71 Å². The minimum atomic E-state index is -4.62. The molecule has 0 saturated heterocycles.